The van der Waals surface area contributed by atoms with Crippen LogP contribution in [0.5, 0.6) is 0 Å². The zero-order valence-electron chi connectivity index (χ0n) is 16.0. The predicted molar refractivity (Wildman–Crippen MR) is 106 cm³/mol. The lowest BCUT2D eigenvalue weighted by molar-refractivity contribution is -0.136. The second kappa shape index (κ2) is 8.82. The standard InChI is InChI=1S/C22H27N3O2/c1-17(23-22(27)19-11-7-4-8-12-19)15-21(26)25-14-13-24(2)16-20(25)18-9-5-3-6-10-18/h3-12,17,20H,13-16H2,1-2H3,(H,23,27)/t17-,20-/m1/s1. The molecule has 0 saturated carbocycles. The maximum Gasteiger partial charge on any atom is 0.251 e. The number of hydrogen-bond acceptors (Lipinski definition) is 3. The highest BCUT2D eigenvalue weighted by Crippen LogP contribution is 2.25. The monoisotopic (exact) mass is 365 g/mol. The molecule has 27 heavy (non-hydrogen) atoms. The normalized spacial score (nSPS) is 18.7. The Hall–Kier alpha value is -2.66. The molecule has 1 heterocycles. The van der Waals surface area contributed by atoms with E-state index in [-0.39, 0.29) is 23.9 Å². The summed E-state index contributed by atoms with van der Waals surface area (Å²) in [6.07, 6.45) is 0.297. The van der Waals surface area contributed by atoms with Crippen molar-refractivity contribution >= 4 is 11.8 Å². The summed E-state index contributed by atoms with van der Waals surface area (Å²) >= 11 is 0. The third-order valence-electron chi connectivity index (χ3n) is 4.98. The summed E-state index contributed by atoms with van der Waals surface area (Å²) in [5, 5.41) is 2.93. The third kappa shape index (κ3) is 4.95. The van der Waals surface area contributed by atoms with Crippen molar-refractivity contribution in [1.82, 2.24) is 15.1 Å². The van der Waals surface area contributed by atoms with Crippen LogP contribution in [0.4, 0.5) is 0 Å². The number of piperazine rings is 1. The Labute approximate surface area is 161 Å². The van der Waals surface area contributed by atoms with Gasteiger partial charge >= 0.3 is 0 Å². The van der Waals surface area contributed by atoms with Crippen LogP contribution in [0.1, 0.15) is 35.3 Å². The molecule has 0 spiro atoms. The van der Waals surface area contributed by atoms with E-state index in [1.807, 2.05) is 48.2 Å². The van der Waals surface area contributed by atoms with E-state index < -0.39 is 0 Å². The average molecular weight is 365 g/mol. The Bertz CT molecular complexity index is 764. The van der Waals surface area contributed by atoms with Crippen LogP contribution < -0.4 is 5.32 Å². The number of amides is 2. The number of nitrogens with one attached hydrogen (secondary N) is 1. The van der Waals surface area contributed by atoms with Gasteiger partial charge in [0, 0.05) is 37.7 Å². The van der Waals surface area contributed by atoms with Crippen molar-refractivity contribution < 1.29 is 9.59 Å². The molecule has 2 aromatic carbocycles. The number of hydrogen-bond donors (Lipinski definition) is 1. The number of rotatable bonds is 5. The van der Waals surface area contributed by atoms with E-state index in [2.05, 4.69) is 29.4 Å². The molecular weight excluding hydrogens is 338 g/mol. The molecule has 5 nitrogen and oxygen atoms in total. The fraction of sp³-hybridized carbons (Fsp3) is 0.364. The molecule has 2 atom stereocenters. The summed E-state index contributed by atoms with van der Waals surface area (Å²) in [7, 11) is 2.08. The van der Waals surface area contributed by atoms with Crippen molar-refractivity contribution in [1.29, 1.82) is 0 Å². The second-order valence-corrected chi connectivity index (χ2v) is 7.22. The maximum absolute atomic E-state index is 13.0. The predicted octanol–water partition coefficient (Wildman–Crippen LogP) is 2.71. The zero-order valence-corrected chi connectivity index (χ0v) is 16.0. The molecule has 0 aliphatic carbocycles. The largest absolute Gasteiger partial charge is 0.349 e. The highest BCUT2D eigenvalue weighted by Gasteiger charge is 2.30. The van der Waals surface area contributed by atoms with Crippen LogP contribution in [-0.2, 0) is 4.79 Å². The van der Waals surface area contributed by atoms with Gasteiger partial charge in [0.2, 0.25) is 5.91 Å². The number of carbonyl (C=O) groups excluding carboxylic acids is 2. The summed E-state index contributed by atoms with van der Waals surface area (Å²) < 4.78 is 0. The number of nitrogens with zero attached hydrogens (tertiary/aromatic N) is 2. The minimum absolute atomic E-state index is 0.0504. The molecule has 1 N–H and O–H groups in total. The van der Waals surface area contributed by atoms with E-state index in [9.17, 15) is 9.59 Å². The van der Waals surface area contributed by atoms with Gasteiger partial charge in [-0.05, 0) is 31.7 Å². The van der Waals surface area contributed by atoms with Crippen molar-refractivity contribution in [2.45, 2.75) is 25.4 Å². The van der Waals surface area contributed by atoms with Gasteiger partial charge < -0.3 is 15.1 Å². The lowest BCUT2D eigenvalue weighted by Gasteiger charge is -2.40. The molecule has 0 radical (unpaired) electrons. The molecule has 3 rings (SSSR count). The summed E-state index contributed by atoms with van der Waals surface area (Å²) in [5.74, 6) is -0.0632. The van der Waals surface area contributed by atoms with E-state index in [1.54, 1.807) is 12.1 Å². The van der Waals surface area contributed by atoms with Crippen molar-refractivity contribution in [2.24, 2.45) is 0 Å². The molecule has 1 saturated heterocycles. The molecule has 5 heteroatoms. The molecule has 0 aromatic heterocycles. The van der Waals surface area contributed by atoms with Crippen LogP contribution >= 0.6 is 0 Å². The van der Waals surface area contributed by atoms with Gasteiger partial charge in [-0.15, -0.1) is 0 Å². The topological polar surface area (TPSA) is 52.7 Å². The van der Waals surface area contributed by atoms with Crippen molar-refractivity contribution in [3.8, 4) is 0 Å². The summed E-state index contributed by atoms with van der Waals surface area (Å²) in [6, 6.07) is 19.1. The lowest BCUT2D eigenvalue weighted by Crippen LogP contribution is -2.50. The van der Waals surface area contributed by atoms with Crippen LogP contribution in [0.15, 0.2) is 60.7 Å². The molecule has 1 aliphatic heterocycles. The smallest absolute Gasteiger partial charge is 0.251 e. The van der Waals surface area contributed by atoms with Crippen LogP contribution in [0.25, 0.3) is 0 Å². The fourth-order valence-electron chi connectivity index (χ4n) is 3.51. The van der Waals surface area contributed by atoms with Gasteiger partial charge in [-0.25, -0.2) is 0 Å². The van der Waals surface area contributed by atoms with Crippen LogP contribution in [0.3, 0.4) is 0 Å². The van der Waals surface area contributed by atoms with E-state index >= 15 is 0 Å². The molecule has 1 fully saturated rings. The zero-order chi connectivity index (χ0) is 19.2. The molecule has 0 unspecified atom stereocenters. The quantitative estimate of drug-likeness (QED) is 0.886. The Morgan fingerprint density at radius 1 is 1.04 bits per heavy atom. The average Bonchev–Trinajstić information content (AvgIpc) is 2.69. The van der Waals surface area contributed by atoms with E-state index in [0.717, 1.165) is 18.7 Å². The fourth-order valence-corrected chi connectivity index (χ4v) is 3.51. The molecule has 2 aromatic rings. The second-order valence-electron chi connectivity index (χ2n) is 7.22. The van der Waals surface area contributed by atoms with E-state index in [4.69, 9.17) is 0 Å². The SMILES string of the molecule is C[C@H](CC(=O)N1CCN(C)C[C@@H]1c1ccccc1)NC(=O)c1ccccc1. The Kier molecular flexibility index (Phi) is 6.24. The van der Waals surface area contributed by atoms with E-state index in [0.29, 0.717) is 18.5 Å². The van der Waals surface area contributed by atoms with E-state index in [1.165, 1.54) is 0 Å². The van der Waals surface area contributed by atoms with Crippen LogP contribution in [0.2, 0.25) is 0 Å². The number of likely N-dealkylation sites (N-methyl/N-ethyl adjacent to an activating group) is 1. The first-order valence-electron chi connectivity index (χ1n) is 9.43. The van der Waals surface area contributed by atoms with Crippen molar-refractivity contribution in [2.75, 3.05) is 26.7 Å². The highest BCUT2D eigenvalue weighted by atomic mass is 16.2. The first kappa shape index (κ1) is 19.1. The minimum atomic E-state index is -0.221. The summed E-state index contributed by atoms with van der Waals surface area (Å²) in [5.41, 5.74) is 1.76. The van der Waals surface area contributed by atoms with Gasteiger partial charge in [-0.2, -0.15) is 0 Å². The Morgan fingerprint density at radius 3 is 2.33 bits per heavy atom. The van der Waals surface area contributed by atoms with Crippen LogP contribution in [0, 0.1) is 0 Å². The lowest BCUT2D eigenvalue weighted by atomic mass is 10.0. The van der Waals surface area contributed by atoms with Gasteiger partial charge in [0.1, 0.15) is 0 Å². The van der Waals surface area contributed by atoms with Gasteiger partial charge in [-0.3, -0.25) is 9.59 Å². The third-order valence-corrected chi connectivity index (χ3v) is 4.98. The first-order valence-corrected chi connectivity index (χ1v) is 9.43. The van der Waals surface area contributed by atoms with Crippen molar-refractivity contribution in [3.63, 3.8) is 0 Å². The van der Waals surface area contributed by atoms with Gasteiger partial charge in [0.05, 0.1) is 6.04 Å². The number of carbonyl (C=O) groups is 2. The molecule has 1 aliphatic rings. The Morgan fingerprint density at radius 2 is 1.67 bits per heavy atom. The highest BCUT2D eigenvalue weighted by molar-refractivity contribution is 5.94. The van der Waals surface area contributed by atoms with Gasteiger partial charge in [0.15, 0.2) is 0 Å². The number of benzene rings is 2. The molecule has 142 valence electrons. The summed E-state index contributed by atoms with van der Waals surface area (Å²) in [6.45, 7) is 4.26. The molecule has 2 amide bonds. The Balaban J connectivity index is 1.64. The molecule has 0 bridgehead atoms. The molecular formula is C22H27N3O2. The van der Waals surface area contributed by atoms with Gasteiger partial charge in [-0.1, -0.05) is 48.5 Å². The summed E-state index contributed by atoms with van der Waals surface area (Å²) in [4.78, 5) is 29.5. The van der Waals surface area contributed by atoms with Gasteiger partial charge in [0.25, 0.3) is 5.91 Å². The maximum atomic E-state index is 13.0. The minimum Gasteiger partial charge on any atom is -0.349 e. The van der Waals surface area contributed by atoms with Crippen LogP contribution in [-0.4, -0.2) is 54.3 Å². The van der Waals surface area contributed by atoms with Crippen molar-refractivity contribution in [3.05, 3.63) is 71.8 Å². The first-order chi connectivity index (χ1) is 13.0.